The summed E-state index contributed by atoms with van der Waals surface area (Å²) in [6, 6.07) is 2.86. The molecule has 1 aromatic heterocycles. The molecule has 0 fully saturated rings. The van der Waals surface area contributed by atoms with Crippen molar-refractivity contribution < 1.29 is 14.7 Å². The maximum absolute atomic E-state index is 11.9. The highest BCUT2D eigenvalue weighted by Gasteiger charge is 2.34. The number of thiophene rings is 1. The summed E-state index contributed by atoms with van der Waals surface area (Å²) < 4.78 is 0.649. The van der Waals surface area contributed by atoms with Crippen molar-refractivity contribution >= 4 is 34.9 Å². The lowest BCUT2D eigenvalue weighted by molar-refractivity contribution is -0.144. The number of carbonyl (C=O) groups is 2. The van der Waals surface area contributed by atoms with Gasteiger partial charge in [0.15, 0.2) is 0 Å². The van der Waals surface area contributed by atoms with Crippen LogP contribution in [0.3, 0.4) is 0 Å². The summed E-state index contributed by atoms with van der Waals surface area (Å²) in [5, 5.41) is 14.4. The standard InChI is InChI=1S/C13H19ClN2O3S/c1-4-7-13(3,11(17)18)16-12(19)15-8(2)9-5-6-10(14)20-9/h5-6,8H,4,7H2,1-3H3,(H,17,18)(H2,15,16,19). The number of carboxylic acids is 1. The molecular formula is C13H19ClN2O3S. The summed E-state index contributed by atoms with van der Waals surface area (Å²) >= 11 is 7.22. The molecule has 3 N–H and O–H groups in total. The molecule has 0 bridgehead atoms. The maximum atomic E-state index is 11.9. The summed E-state index contributed by atoms with van der Waals surface area (Å²) in [5.41, 5.74) is -1.26. The van der Waals surface area contributed by atoms with Crippen molar-refractivity contribution in [1.82, 2.24) is 10.6 Å². The predicted molar refractivity (Wildman–Crippen MR) is 80.4 cm³/mol. The highest BCUT2D eigenvalue weighted by atomic mass is 35.5. The van der Waals surface area contributed by atoms with Crippen molar-refractivity contribution in [3.05, 3.63) is 21.3 Å². The van der Waals surface area contributed by atoms with E-state index in [1.807, 2.05) is 19.9 Å². The van der Waals surface area contributed by atoms with Gasteiger partial charge in [0.25, 0.3) is 0 Å². The van der Waals surface area contributed by atoms with E-state index in [4.69, 9.17) is 11.6 Å². The molecule has 2 atom stereocenters. The summed E-state index contributed by atoms with van der Waals surface area (Å²) in [4.78, 5) is 24.1. The van der Waals surface area contributed by atoms with E-state index in [-0.39, 0.29) is 6.04 Å². The van der Waals surface area contributed by atoms with Gasteiger partial charge in [-0.2, -0.15) is 0 Å². The Morgan fingerprint density at radius 2 is 2.15 bits per heavy atom. The molecule has 7 heteroatoms. The first-order valence-electron chi connectivity index (χ1n) is 6.36. The lowest BCUT2D eigenvalue weighted by Crippen LogP contribution is -2.55. The Kier molecular flexibility index (Phi) is 5.83. The van der Waals surface area contributed by atoms with Gasteiger partial charge in [-0.3, -0.25) is 0 Å². The van der Waals surface area contributed by atoms with Crippen LogP contribution in [0, 0.1) is 0 Å². The van der Waals surface area contributed by atoms with Gasteiger partial charge in [0.05, 0.1) is 10.4 Å². The molecule has 0 aliphatic heterocycles. The van der Waals surface area contributed by atoms with Gasteiger partial charge < -0.3 is 15.7 Å². The van der Waals surface area contributed by atoms with Crippen LogP contribution in [0.2, 0.25) is 4.34 Å². The van der Waals surface area contributed by atoms with Crippen LogP contribution in [0.4, 0.5) is 4.79 Å². The molecule has 20 heavy (non-hydrogen) atoms. The normalized spacial score (nSPS) is 15.2. The quantitative estimate of drug-likeness (QED) is 0.752. The summed E-state index contributed by atoms with van der Waals surface area (Å²) in [6.45, 7) is 5.20. The maximum Gasteiger partial charge on any atom is 0.329 e. The second-order valence-corrected chi connectivity index (χ2v) is 6.60. The lowest BCUT2D eigenvalue weighted by Gasteiger charge is -2.26. The van der Waals surface area contributed by atoms with Gasteiger partial charge in [-0.25, -0.2) is 9.59 Å². The van der Waals surface area contributed by atoms with Gasteiger partial charge in [0.1, 0.15) is 5.54 Å². The molecule has 0 saturated carbocycles. The fourth-order valence-electron chi connectivity index (χ4n) is 1.84. The van der Waals surface area contributed by atoms with Crippen LogP contribution in [0.25, 0.3) is 0 Å². The van der Waals surface area contributed by atoms with Gasteiger partial charge in [-0.05, 0) is 32.4 Å². The minimum Gasteiger partial charge on any atom is -0.480 e. The molecule has 112 valence electrons. The third kappa shape index (κ3) is 4.38. The lowest BCUT2D eigenvalue weighted by atomic mass is 9.96. The van der Waals surface area contributed by atoms with Crippen LogP contribution in [0.15, 0.2) is 12.1 Å². The van der Waals surface area contributed by atoms with Crippen molar-refractivity contribution in [3.8, 4) is 0 Å². The van der Waals surface area contributed by atoms with E-state index in [1.54, 1.807) is 6.07 Å². The first kappa shape index (κ1) is 16.8. The average Bonchev–Trinajstić information content (AvgIpc) is 2.75. The molecule has 2 unspecified atom stereocenters. The fourth-order valence-corrected chi connectivity index (χ4v) is 2.90. The third-order valence-electron chi connectivity index (χ3n) is 2.98. The van der Waals surface area contributed by atoms with Gasteiger partial charge in [0.2, 0.25) is 0 Å². The zero-order valence-electron chi connectivity index (χ0n) is 11.7. The van der Waals surface area contributed by atoms with Gasteiger partial charge >= 0.3 is 12.0 Å². The van der Waals surface area contributed by atoms with E-state index in [2.05, 4.69) is 10.6 Å². The molecule has 1 aromatic rings. The molecule has 1 rings (SSSR count). The molecule has 0 saturated heterocycles. The predicted octanol–water partition coefficient (Wildman–Crippen LogP) is 3.41. The molecule has 5 nitrogen and oxygen atoms in total. The summed E-state index contributed by atoms with van der Waals surface area (Å²) in [7, 11) is 0. The largest absolute Gasteiger partial charge is 0.480 e. The zero-order valence-corrected chi connectivity index (χ0v) is 13.3. The van der Waals surface area contributed by atoms with Crippen molar-refractivity contribution in [1.29, 1.82) is 0 Å². The number of rotatable bonds is 6. The molecule has 0 aromatic carbocycles. The molecule has 2 amide bonds. The molecule has 0 radical (unpaired) electrons. The topological polar surface area (TPSA) is 78.4 Å². The van der Waals surface area contributed by atoms with Crippen molar-refractivity contribution in [2.24, 2.45) is 0 Å². The first-order valence-corrected chi connectivity index (χ1v) is 7.55. The number of amides is 2. The number of nitrogens with one attached hydrogen (secondary N) is 2. The smallest absolute Gasteiger partial charge is 0.329 e. The second-order valence-electron chi connectivity index (χ2n) is 4.85. The Balaban J connectivity index is 2.64. The van der Waals surface area contributed by atoms with Crippen LogP contribution >= 0.6 is 22.9 Å². The molecular weight excluding hydrogens is 300 g/mol. The van der Waals surface area contributed by atoms with E-state index in [0.717, 1.165) is 4.88 Å². The minimum absolute atomic E-state index is 0.229. The van der Waals surface area contributed by atoms with Crippen molar-refractivity contribution in [2.45, 2.75) is 45.2 Å². The average molecular weight is 319 g/mol. The summed E-state index contributed by atoms with van der Waals surface area (Å²) in [5.74, 6) is -1.04. The second kappa shape index (κ2) is 6.95. The Morgan fingerprint density at radius 3 is 2.60 bits per heavy atom. The van der Waals surface area contributed by atoms with E-state index in [0.29, 0.717) is 17.2 Å². The molecule has 0 spiro atoms. The van der Waals surface area contributed by atoms with E-state index in [1.165, 1.54) is 18.3 Å². The summed E-state index contributed by atoms with van der Waals surface area (Å²) in [6.07, 6.45) is 1.04. The molecule has 0 aliphatic carbocycles. The zero-order chi connectivity index (χ0) is 15.3. The number of hydrogen-bond acceptors (Lipinski definition) is 3. The van der Waals surface area contributed by atoms with E-state index < -0.39 is 17.5 Å². The van der Waals surface area contributed by atoms with Crippen LogP contribution in [-0.2, 0) is 4.79 Å². The minimum atomic E-state index is -1.26. The van der Waals surface area contributed by atoms with Crippen LogP contribution in [0.5, 0.6) is 0 Å². The number of carbonyl (C=O) groups excluding carboxylic acids is 1. The van der Waals surface area contributed by atoms with E-state index >= 15 is 0 Å². The number of halogens is 1. The van der Waals surface area contributed by atoms with Gasteiger partial charge in [-0.1, -0.05) is 24.9 Å². The Hall–Kier alpha value is -1.27. The Bertz CT molecular complexity index is 492. The SMILES string of the molecule is CCCC(C)(NC(=O)NC(C)c1ccc(Cl)s1)C(=O)O. The highest BCUT2D eigenvalue weighted by molar-refractivity contribution is 7.16. The van der Waals surface area contributed by atoms with Crippen LogP contribution < -0.4 is 10.6 Å². The number of aliphatic carboxylic acids is 1. The Morgan fingerprint density at radius 1 is 1.50 bits per heavy atom. The third-order valence-corrected chi connectivity index (χ3v) is 4.39. The van der Waals surface area contributed by atoms with Crippen LogP contribution in [0.1, 0.15) is 44.5 Å². The van der Waals surface area contributed by atoms with Gasteiger partial charge in [-0.15, -0.1) is 11.3 Å². The monoisotopic (exact) mass is 318 g/mol. The highest BCUT2D eigenvalue weighted by Crippen LogP contribution is 2.26. The molecule has 1 heterocycles. The van der Waals surface area contributed by atoms with Crippen LogP contribution in [-0.4, -0.2) is 22.6 Å². The number of hydrogen-bond donors (Lipinski definition) is 3. The fraction of sp³-hybridized carbons (Fsp3) is 0.538. The van der Waals surface area contributed by atoms with Crippen molar-refractivity contribution in [3.63, 3.8) is 0 Å². The molecule has 0 aliphatic rings. The number of carboxylic acid groups (broad SMARTS) is 1. The first-order chi connectivity index (χ1) is 9.28. The van der Waals surface area contributed by atoms with Gasteiger partial charge in [0, 0.05) is 4.88 Å². The van der Waals surface area contributed by atoms with E-state index in [9.17, 15) is 14.7 Å². The Labute approximate surface area is 127 Å². The van der Waals surface area contributed by atoms with Crippen molar-refractivity contribution in [2.75, 3.05) is 0 Å². The number of urea groups is 1.